The van der Waals surface area contributed by atoms with Gasteiger partial charge in [-0.2, -0.15) is 5.26 Å². The summed E-state index contributed by atoms with van der Waals surface area (Å²) in [6.45, 7) is 6.31. The molecule has 0 spiro atoms. The lowest BCUT2D eigenvalue weighted by Gasteiger charge is -2.15. The van der Waals surface area contributed by atoms with Gasteiger partial charge in [0.05, 0.1) is 12.1 Å². The maximum atomic E-state index is 8.63. The van der Waals surface area contributed by atoms with Crippen LogP contribution in [0, 0.1) is 11.3 Å². The first-order valence-corrected chi connectivity index (χ1v) is 4.40. The van der Waals surface area contributed by atoms with Gasteiger partial charge in [0, 0.05) is 6.04 Å². The van der Waals surface area contributed by atoms with Gasteiger partial charge >= 0.3 is 0 Å². The van der Waals surface area contributed by atoms with E-state index in [0.717, 1.165) is 12.8 Å². The minimum atomic E-state index is 0.0385. The van der Waals surface area contributed by atoms with Crippen LogP contribution >= 0.6 is 0 Å². The predicted molar refractivity (Wildman–Crippen MR) is 47.2 cm³/mol. The molecule has 0 bridgehead atoms. The molecule has 2 atom stereocenters. The van der Waals surface area contributed by atoms with Crippen LogP contribution in [0.5, 0.6) is 0 Å². The molecule has 0 aliphatic heterocycles. The van der Waals surface area contributed by atoms with Crippen molar-refractivity contribution >= 4 is 0 Å². The molecule has 2 nitrogen and oxygen atoms in total. The summed E-state index contributed by atoms with van der Waals surface area (Å²) in [5.74, 6) is 0. The Morgan fingerprint density at radius 3 is 2.45 bits per heavy atom. The first-order chi connectivity index (χ1) is 5.24. The lowest BCUT2D eigenvalue weighted by molar-refractivity contribution is 0.465. The molecule has 0 aromatic rings. The molecule has 0 rings (SSSR count). The van der Waals surface area contributed by atoms with Crippen molar-refractivity contribution in [1.29, 1.82) is 5.26 Å². The molecule has 1 N–H and O–H groups in total. The van der Waals surface area contributed by atoms with Crippen LogP contribution in [0.2, 0.25) is 0 Å². The van der Waals surface area contributed by atoms with Gasteiger partial charge in [0.1, 0.15) is 0 Å². The van der Waals surface area contributed by atoms with E-state index in [1.807, 2.05) is 6.92 Å². The third-order valence-electron chi connectivity index (χ3n) is 1.77. The summed E-state index contributed by atoms with van der Waals surface area (Å²) in [4.78, 5) is 0. The molecule has 0 heterocycles. The first-order valence-electron chi connectivity index (χ1n) is 4.40. The molecule has 0 saturated heterocycles. The second kappa shape index (κ2) is 6.18. The van der Waals surface area contributed by atoms with Gasteiger partial charge in [0.15, 0.2) is 0 Å². The summed E-state index contributed by atoms with van der Waals surface area (Å²) in [5, 5.41) is 11.9. The van der Waals surface area contributed by atoms with Gasteiger partial charge in [-0.1, -0.05) is 20.3 Å². The monoisotopic (exact) mass is 154 g/mol. The van der Waals surface area contributed by atoms with Crippen molar-refractivity contribution in [3.8, 4) is 6.07 Å². The van der Waals surface area contributed by atoms with Crippen LogP contribution < -0.4 is 5.32 Å². The third-order valence-corrected chi connectivity index (χ3v) is 1.77. The molecule has 0 aliphatic rings. The van der Waals surface area contributed by atoms with Crippen LogP contribution in [0.15, 0.2) is 0 Å². The Labute approximate surface area is 69.6 Å². The molecule has 11 heavy (non-hydrogen) atoms. The molecule has 2 unspecified atom stereocenters. The lowest BCUT2D eigenvalue weighted by Crippen LogP contribution is -2.34. The summed E-state index contributed by atoms with van der Waals surface area (Å²) in [6.07, 6.45) is 3.22. The minimum absolute atomic E-state index is 0.0385. The average molecular weight is 154 g/mol. The highest BCUT2D eigenvalue weighted by atomic mass is 14.9. The SMILES string of the molecule is CCCC(C)NC(C#N)CC. The Morgan fingerprint density at radius 1 is 1.45 bits per heavy atom. The van der Waals surface area contributed by atoms with Gasteiger partial charge < -0.3 is 0 Å². The lowest BCUT2D eigenvalue weighted by atomic mass is 10.1. The second-order valence-electron chi connectivity index (χ2n) is 2.95. The highest BCUT2D eigenvalue weighted by Crippen LogP contribution is 1.98. The fraction of sp³-hybridized carbons (Fsp3) is 0.889. The number of rotatable bonds is 5. The number of hydrogen-bond acceptors (Lipinski definition) is 2. The Hall–Kier alpha value is -0.550. The third kappa shape index (κ3) is 4.80. The molecule has 0 saturated carbocycles. The minimum Gasteiger partial charge on any atom is -0.299 e. The normalized spacial score (nSPS) is 15.5. The van der Waals surface area contributed by atoms with Gasteiger partial charge in [0.25, 0.3) is 0 Å². The smallest absolute Gasteiger partial charge is 0.0952 e. The van der Waals surface area contributed by atoms with Crippen molar-refractivity contribution < 1.29 is 0 Å². The average Bonchev–Trinajstić information content (AvgIpc) is 2.01. The van der Waals surface area contributed by atoms with Crippen LogP contribution in [0.1, 0.15) is 40.0 Å². The second-order valence-corrected chi connectivity index (χ2v) is 2.95. The van der Waals surface area contributed by atoms with Crippen molar-refractivity contribution in [2.45, 2.75) is 52.1 Å². The molecule has 0 aromatic heterocycles. The van der Waals surface area contributed by atoms with E-state index in [-0.39, 0.29) is 6.04 Å². The maximum absolute atomic E-state index is 8.63. The molecule has 2 heteroatoms. The Kier molecular flexibility index (Phi) is 5.87. The number of nitrogens with one attached hydrogen (secondary N) is 1. The van der Waals surface area contributed by atoms with E-state index in [9.17, 15) is 0 Å². The summed E-state index contributed by atoms with van der Waals surface area (Å²) < 4.78 is 0. The zero-order valence-electron chi connectivity index (χ0n) is 7.72. The number of nitrogens with zero attached hydrogens (tertiary/aromatic N) is 1. The quantitative estimate of drug-likeness (QED) is 0.658. The number of hydrogen-bond donors (Lipinski definition) is 1. The standard InChI is InChI=1S/C9H18N2/c1-4-6-8(3)11-9(5-2)7-10/h8-9,11H,4-6H2,1-3H3. The van der Waals surface area contributed by atoms with Gasteiger partial charge in [-0.15, -0.1) is 0 Å². The molecular formula is C9H18N2. The van der Waals surface area contributed by atoms with E-state index in [0.29, 0.717) is 6.04 Å². The van der Waals surface area contributed by atoms with Crippen LogP contribution in [-0.4, -0.2) is 12.1 Å². The zero-order chi connectivity index (χ0) is 8.69. The van der Waals surface area contributed by atoms with E-state index in [2.05, 4.69) is 25.2 Å². The van der Waals surface area contributed by atoms with Gasteiger partial charge in [0.2, 0.25) is 0 Å². The van der Waals surface area contributed by atoms with Crippen LogP contribution in [0.3, 0.4) is 0 Å². The van der Waals surface area contributed by atoms with Crippen molar-refractivity contribution in [2.24, 2.45) is 0 Å². The van der Waals surface area contributed by atoms with E-state index in [1.165, 1.54) is 6.42 Å². The Balaban J connectivity index is 3.55. The fourth-order valence-corrected chi connectivity index (χ4v) is 1.11. The maximum Gasteiger partial charge on any atom is 0.0952 e. The largest absolute Gasteiger partial charge is 0.299 e. The van der Waals surface area contributed by atoms with Crippen molar-refractivity contribution in [3.63, 3.8) is 0 Å². The van der Waals surface area contributed by atoms with Crippen LogP contribution in [0.25, 0.3) is 0 Å². The molecule has 0 radical (unpaired) electrons. The molecule has 64 valence electrons. The van der Waals surface area contributed by atoms with Crippen LogP contribution in [0.4, 0.5) is 0 Å². The first kappa shape index (κ1) is 10.4. The fourth-order valence-electron chi connectivity index (χ4n) is 1.11. The van der Waals surface area contributed by atoms with Crippen molar-refractivity contribution in [3.05, 3.63) is 0 Å². The highest BCUT2D eigenvalue weighted by Gasteiger charge is 2.06. The molecule has 0 fully saturated rings. The molecular weight excluding hydrogens is 136 g/mol. The van der Waals surface area contributed by atoms with Crippen molar-refractivity contribution in [1.82, 2.24) is 5.32 Å². The van der Waals surface area contributed by atoms with E-state index in [1.54, 1.807) is 0 Å². The van der Waals surface area contributed by atoms with Gasteiger partial charge in [-0.3, -0.25) is 5.32 Å². The summed E-state index contributed by atoms with van der Waals surface area (Å²) in [5.41, 5.74) is 0. The topological polar surface area (TPSA) is 35.8 Å². The highest BCUT2D eigenvalue weighted by molar-refractivity contribution is 4.89. The van der Waals surface area contributed by atoms with Gasteiger partial charge in [-0.25, -0.2) is 0 Å². The van der Waals surface area contributed by atoms with Crippen molar-refractivity contribution in [2.75, 3.05) is 0 Å². The molecule has 0 amide bonds. The van der Waals surface area contributed by atoms with E-state index < -0.39 is 0 Å². The summed E-state index contributed by atoms with van der Waals surface area (Å²) in [7, 11) is 0. The van der Waals surface area contributed by atoms with Gasteiger partial charge in [-0.05, 0) is 19.8 Å². The summed E-state index contributed by atoms with van der Waals surface area (Å²) in [6, 6.07) is 2.74. The number of nitriles is 1. The Morgan fingerprint density at radius 2 is 2.09 bits per heavy atom. The molecule has 0 aromatic carbocycles. The Bertz CT molecular complexity index is 126. The predicted octanol–water partition coefficient (Wildman–Crippen LogP) is 2.07. The van der Waals surface area contributed by atoms with E-state index >= 15 is 0 Å². The zero-order valence-corrected chi connectivity index (χ0v) is 7.72. The van der Waals surface area contributed by atoms with E-state index in [4.69, 9.17) is 5.26 Å². The molecule has 0 aliphatic carbocycles. The van der Waals surface area contributed by atoms with Crippen LogP contribution in [-0.2, 0) is 0 Å². The summed E-state index contributed by atoms with van der Waals surface area (Å²) >= 11 is 0.